The summed E-state index contributed by atoms with van der Waals surface area (Å²) in [5, 5.41) is 0.286. The highest BCUT2D eigenvalue weighted by Gasteiger charge is 2.21. The molecule has 0 amide bonds. The van der Waals surface area contributed by atoms with Gasteiger partial charge in [0.25, 0.3) is 6.43 Å². The lowest BCUT2D eigenvalue weighted by molar-refractivity contribution is 0.146. The van der Waals surface area contributed by atoms with Gasteiger partial charge < -0.3 is 4.74 Å². The molecule has 0 aliphatic carbocycles. The summed E-state index contributed by atoms with van der Waals surface area (Å²) >= 11 is 8.75. The average molecular weight is 287 g/mol. The van der Waals surface area contributed by atoms with Gasteiger partial charge in [-0.25, -0.2) is 13.8 Å². The molecule has 0 spiro atoms. The minimum Gasteiger partial charge on any atom is -0.495 e. The summed E-state index contributed by atoms with van der Waals surface area (Å²) in [5.74, 6) is 0.0545. The summed E-state index contributed by atoms with van der Waals surface area (Å²) in [4.78, 5) is 3.74. The standard InChI is InChI=1S/C8H7BrClF2NO/c1-14-5-3-13-7(10)4(2-9)6(5)8(11)12/h3,8H,2H2,1H3. The van der Waals surface area contributed by atoms with Crippen LogP contribution in [0.2, 0.25) is 5.15 Å². The number of halogens is 4. The summed E-state index contributed by atoms with van der Waals surface area (Å²) in [6, 6.07) is 0. The normalized spacial score (nSPS) is 10.7. The lowest BCUT2D eigenvalue weighted by atomic mass is 10.1. The highest BCUT2D eigenvalue weighted by molar-refractivity contribution is 9.08. The second-order valence-corrected chi connectivity index (χ2v) is 3.36. The third kappa shape index (κ3) is 2.15. The number of nitrogens with zero attached hydrogens (tertiary/aromatic N) is 1. The molecule has 1 aromatic rings. The molecule has 0 N–H and O–H groups in total. The molecule has 0 fully saturated rings. The molecule has 0 atom stereocenters. The van der Waals surface area contributed by atoms with Gasteiger partial charge in [0, 0.05) is 10.9 Å². The molecule has 0 radical (unpaired) electrons. The van der Waals surface area contributed by atoms with Gasteiger partial charge in [-0.3, -0.25) is 0 Å². The Balaban J connectivity index is 3.36. The van der Waals surface area contributed by atoms with Crippen LogP contribution in [0.3, 0.4) is 0 Å². The molecule has 0 aliphatic heterocycles. The van der Waals surface area contributed by atoms with Crippen LogP contribution in [0.5, 0.6) is 5.75 Å². The maximum absolute atomic E-state index is 12.7. The Hall–Kier alpha value is -0.420. The van der Waals surface area contributed by atoms with Gasteiger partial charge in [-0.2, -0.15) is 0 Å². The monoisotopic (exact) mass is 285 g/mol. The molecule has 0 aliphatic rings. The Kier molecular flexibility index (Phi) is 4.07. The second kappa shape index (κ2) is 4.89. The van der Waals surface area contributed by atoms with Crippen molar-refractivity contribution < 1.29 is 13.5 Å². The van der Waals surface area contributed by atoms with E-state index < -0.39 is 6.43 Å². The Labute approximate surface area is 93.4 Å². The third-order valence-corrected chi connectivity index (χ3v) is 2.59. The lowest BCUT2D eigenvalue weighted by Gasteiger charge is -2.11. The van der Waals surface area contributed by atoms with Gasteiger partial charge in [0.05, 0.1) is 18.9 Å². The predicted octanol–water partition coefficient (Wildman–Crippen LogP) is 3.58. The number of alkyl halides is 3. The largest absolute Gasteiger partial charge is 0.495 e. The molecule has 1 heterocycles. The summed E-state index contributed by atoms with van der Waals surface area (Å²) in [6.45, 7) is 0. The highest BCUT2D eigenvalue weighted by atomic mass is 79.9. The van der Waals surface area contributed by atoms with E-state index in [-0.39, 0.29) is 27.4 Å². The molecule has 2 nitrogen and oxygen atoms in total. The molecule has 0 unspecified atom stereocenters. The van der Waals surface area contributed by atoms with Gasteiger partial charge in [-0.1, -0.05) is 27.5 Å². The number of pyridine rings is 1. The van der Waals surface area contributed by atoms with E-state index in [4.69, 9.17) is 16.3 Å². The van der Waals surface area contributed by atoms with E-state index in [0.717, 1.165) is 0 Å². The van der Waals surface area contributed by atoms with Crippen LogP contribution in [-0.4, -0.2) is 12.1 Å². The van der Waals surface area contributed by atoms with Crippen molar-refractivity contribution >= 4 is 27.5 Å². The number of rotatable bonds is 3. The van der Waals surface area contributed by atoms with Crippen LogP contribution < -0.4 is 4.74 Å². The Morgan fingerprint density at radius 3 is 2.71 bits per heavy atom. The van der Waals surface area contributed by atoms with Gasteiger partial charge in [0.15, 0.2) is 0 Å². The van der Waals surface area contributed by atoms with Crippen LogP contribution in [0.25, 0.3) is 0 Å². The molecule has 0 saturated carbocycles. The smallest absolute Gasteiger partial charge is 0.267 e. The number of aromatic nitrogens is 1. The molecule has 1 rings (SSSR count). The van der Waals surface area contributed by atoms with Crippen LogP contribution in [0.1, 0.15) is 17.6 Å². The van der Waals surface area contributed by atoms with Crippen molar-refractivity contribution in [1.82, 2.24) is 4.98 Å². The summed E-state index contributed by atoms with van der Waals surface area (Å²) < 4.78 is 30.1. The van der Waals surface area contributed by atoms with Crippen LogP contribution in [0.4, 0.5) is 8.78 Å². The van der Waals surface area contributed by atoms with Crippen molar-refractivity contribution in [3.63, 3.8) is 0 Å². The minimum atomic E-state index is -2.63. The quantitative estimate of drug-likeness (QED) is 0.626. The first-order valence-corrected chi connectivity index (χ1v) is 5.17. The predicted molar refractivity (Wildman–Crippen MR) is 53.4 cm³/mol. The Morgan fingerprint density at radius 2 is 2.29 bits per heavy atom. The van der Waals surface area contributed by atoms with Gasteiger partial charge in [0.1, 0.15) is 10.9 Å². The molecule has 78 valence electrons. The van der Waals surface area contributed by atoms with Gasteiger partial charge >= 0.3 is 0 Å². The van der Waals surface area contributed by atoms with E-state index in [2.05, 4.69) is 20.9 Å². The number of methoxy groups -OCH3 is 1. The molecule has 1 aromatic heterocycles. The third-order valence-electron chi connectivity index (χ3n) is 1.71. The summed E-state index contributed by atoms with van der Waals surface area (Å²) in [7, 11) is 1.31. The van der Waals surface area contributed by atoms with Crippen LogP contribution in [-0.2, 0) is 5.33 Å². The minimum absolute atomic E-state index is 0.0545. The fraction of sp³-hybridized carbons (Fsp3) is 0.375. The number of hydrogen-bond acceptors (Lipinski definition) is 2. The second-order valence-electron chi connectivity index (χ2n) is 2.44. The van der Waals surface area contributed by atoms with Crippen LogP contribution in [0.15, 0.2) is 6.20 Å². The number of ether oxygens (including phenoxy) is 1. The van der Waals surface area contributed by atoms with E-state index in [9.17, 15) is 8.78 Å². The van der Waals surface area contributed by atoms with Crippen molar-refractivity contribution in [3.05, 3.63) is 22.5 Å². The van der Waals surface area contributed by atoms with E-state index in [1.807, 2.05) is 0 Å². The van der Waals surface area contributed by atoms with Crippen molar-refractivity contribution in [2.75, 3.05) is 7.11 Å². The first-order valence-electron chi connectivity index (χ1n) is 3.67. The topological polar surface area (TPSA) is 22.1 Å². The van der Waals surface area contributed by atoms with E-state index in [0.29, 0.717) is 0 Å². The lowest BCUT2D eigenvalue weighted by Crippen LogP contribution is -2.00. The fourth-order valence-electron chi connectivity index (χ4n) is 1.05. The summed E-state index contributed by atoms with van der Waals surface area (Å²) in [6.07, 6.45) is -1.44. The molecule has 0 bridgehead atoms. The SMILES string of the molecule is COc1cnc(Cl)c(CBr)c1C(F)F. The summed E-state index contributed by atoms with van der Waals surface area (Å²) in [5.41, 5.74) is 0.0605. The van der Waals surface area contributed by atoms with Crippen molar-refractivity contribution in [3.8, 4) is 5.75 Å². The zero-order valence-corrected chi connectivity index (χ0v) is 9.57. The van der Waals surface area contributed by atoms with Crippen molar-refractivity contribution in [2.24, 2.45) is 0 Å². The average Bonchev–Trinajstić information content (AvgIpc) is 2.17. The molecule has 0 saturated heterocycles. The molecule has 14 heavy (non-hydrogen) atoms. The van der Waals surface area contributed by atoms with E-state index in [1.54, 1.807) is 0 Å². The van der Waals surface area contributed by atoms with Crippen LogP contribution >= 0.6 is 27.5 Å². The van der Waals surface area contributed by atoms with Crippen molar-refractivity contribution in [2.45, 2.75) is 11.8 Å². The molecule has 0 aromatic carbocycles. The first kappa shape index (κ1) is 11.7. The zero-order chi connectivity index (χ0) is 10.7. The maximum atomic E-state index is 12.7. The number of hydrogen-bond donors (Lipinski definition) is 0. The van der Waals surface area contributed by atoms with Gasteiger partial charge in [-0.15, -0.1) is 0 Å². The first-order chi connectivity index (χ1) is 6.61. The van der Waals surface area contributed by atoms with Gasteiger partial charge in [0.2, 0.25) is 0 Å². The fourth-order valence-corrected chi connectivity index (χ4v) is 2.00. The van der Waals surface area contributed by atoms with E-state index >= 15 is 0 Å². The highest BCUT2D eigenvalue weighted by Crippen LogP contribution is 2.35. The van der Waals surface area contributed by atoms with E-state index in [1.165, 1.54) is 13.3 Å². The Morgan fingerprint density at radius 1 is 1.64 bits per heavy atom. The molecular formula is C8H7BrClF2NO. The Bertz CT molecular complexity index is 335. The molecular weight excluding hydrogens is 279 g/mol. The van der Waals surface area contributed by atoms with Crippen LogP contribution in [0, 0.1) is 0 Å². The zero-order valence-electron chi connectivity index (χ0n) is 7.23. The molecule has 6 heteroatoms. The van der Waals surface area contributed by atoms with Gasteiger partial charge in [-0.05, 0) is 0 Å². The maximum Gasteiger partial charge on any atom is 0.267 e. The van der Waals surface area contributed by atoms with Crippen molar-refractivity contribution in [1.29, 1.82) is 0 Å².